The number of hydrogen-bond donors (Lipinski definition) is 1. The second kappa shape index (κ2) is 9.16. The van der Waals surface area contributed by atoms with E-state index in [4.69, 9.17) is 14.8 Å². The summed E-state index contributed by atoms with van der Waals surface area (Å²) in [6, 6.07) is 15.2. The Hall–Kier alpha value is -3.13. The van der Waals surface area contributed by atoms with Gasteiger partial charge in [-0.3, -0.25) is 9.59 Å². The van der Waals surface area contributed by atoms with Crippen LogP contribution < -0.4 is 10.1 Å². The Bertz CT molecular complexity index is 1140. The fourth-order valence-corrected chi connectivity index (χ4v) is 4.94. The molecule has 8 heteroatoms. The average Bonchev–Trinajstić information content (AvgIpc) is 3.27. The van der Waals surface area contributed by atoms with Gasteiger partial charge in [0.2, 0.25) is 5.16 Å². The van der Waals surface area contributed by atoms with Crippen LogP contribution in [0.25, 0.3) is 5.69 Å². The minimum absolute atomic E-state index is 0.00475. The third-order valence-corrected chi connectivity index (χ3v) is 6.69. The van der Waals surface area contributed by atoms with Crippen molar-refractivity contribution in [3.63, 3.8) is 0 Å². The highest BCUT2D eigenvalue weighted by atomic mass is 32.2. The quantitative estimate of drug-likeness (QED) is 0.437. The maximum Gasteiger partial charge on any atom is 0.262 e. The standard InChI is InChI=1S/C24H24N4O3S/c29-20(17-11-12-21-19(13-17)25-22(30)14-31-21)15-32-24-26-23(16-7-3-1-4-8-16)28(27-24)18-9-5-2-6-10-18/h2,5-6,9-13,16H,1,3-4,7-8,14-15H2,(H,25,30). The second-order valence-corrected chi connectivity index (χ2v) is 9.04. The molecule has 164 valence electrons. The molecule has 3 aromatic rings. The molecule has 1 aliphatic carbocycles. The van der Waals surface area contributed by atoms with Crippen LogP contribution in [-0.4, -0.2) is 38.8 Å². The number of benzene rings is 2. The molecule has 0 saturated heterocycles. The first-order valence-electron chi connectivity index (χ1n) is 10.9. The molecule has 1 fully saturated rings. The smallest absolute Gasteiger partial charge is 0.262 e. The van der Waals surface area contributed by atoms with E-state index in [1.165, 1.54) is 31.0 Å². The lowest BCUT2D eigenvalue weighted by atomic mass is 9.88. The number of ketones is 1. The Morgan fingerprint density at radius 3 is 2.75 bits per heavy atom. The van der Waals surface area contributed by atoms with Gasteiger partial charge in [-0.05, 0) is 43.2 Å². The molecule has 0 atom stereocenters. The SMILES string of the molecule is O=C1COc2ccc(C(=O)CSc3nc(C4CCCCC4)n(-c4ccccc4)n3)cc2N1. The van der Waals surface area contributed by atoms with Crippen molar-refractivity contribution in [2.75, 3.05) is 17.7 Å². The maximum atomic E-state index is 12.8. The van der Waals surface area contributed by atoms with Crippen molar-refractivity contribution in [2.24, 2.45) is 0 Å². The van der Waals surface area contributed by atoms with Crippen LogP contribution in [0.2, 0.25) is 0 Å². The molecule has 2 heterocycles. The fraction of sp³-hybridized carbons (Fsp3) is 0.333. The number of nitrogens with one attached hydrogen (secondary N) is 1. The van der Waals surface area contributed by atoms with Crippen LogP contribution in [0.15, 0.2) is 53.7 Å². The number of Topliss-reactive ketones (excluding diaryl/α,β-unsaturated/α-hetero) is 1. The third kappa shape index (κ3) is 4.41. The number of hydrogen-bond acceptors (Lipinski definition) is 6. The lowest BCUT2D eigenvalue weighted by molar-refractivity contribution is -0.118. The largest absolute Gasteiger partial charge is 0.482 e. The minimum atomic E-state index is -0.220. The number of para-hydroxylation sites is 1. The van der Waals surface area contributed by atoms with Crippen LogP contribution in [-0.2, 0) is 4.79 Å². The van der Waals surface area contributed by atoms with E-state index in [-0.39, 0.29) is 24.1 Å². The van der Waals surface area contributed by atoms with E-state index in [0.29, 0.717) is 28.1 Å². The van der Waals surface area contributed by atoms with Crippen molar-refractivity contribution in [1.82, 2.24) is 14.8 Å². The van der Waals surface area contributed by atoms with Gasteiger partial charge in [0.25, 0.3) is 5.91 Å². The van der Waals surface area contributed by atoms with Gasteiger partial charge in [-0.1, -0.05) is 49.2 Å². The summed E-state index contributed by atoms with van der Waals surface area (Å²) in [6.07, 6.45) is 5.95. The highest BCUT2D eigenvalue weighted by molar-refractivity contribution is 7.99. The molecule has 5 rings (SSSR count). The van der Waals surface area contributed by atoms with Gasteiger partial charge in [-0.15, -0.1) is 5.10 Å². The van der Waals surface area contributed by atoms with Crippen LogP contribution in [0.4, 0.5) is 5.69 Å². The molecule has 2 aliphatic rings. The molecule has 7 nitrogen and oxygen atoms in total. The van der Waals surface area contributed by atoms with Crippen molar-refractivity contribution in [3.05, 3.63) is 59.9 Å². The van der Waals surface area contributed by atoms with Crippen molar-refractivity contribution >= 4 is 29.1 Å². The van der Waals surface area contributed by atoms with Crippen LogP contribution >= 0.6 is 11.8 Å². The predicted molar refractivity (Wildman–Crippen MR) is 123 cm³/mol. The number of nitrogens with zero attached hydrogens (tertiary/aromatic N) is 3. The lowest BCUT2D eigenvalue weighted by Crippen LogP contribution is -2.25. The average molecular weight is 449 g/mol. The molecule has 1 aromatic heterocycles. The number of aromatic nitrogens is 3. The molecular weight excluding hydrogens is 424 g/mol. The van der Waals surface area contributed by atoms with E-state index in [1.807, 2.05) is 35.0 Å². The Morgan fingerprint density at radius 1 is 1.12 bits per heavy atom. The summed E-state index contributed by atoms with van der Waals surface area (Å²) in [5.74, 6) is 1.91. The van der Waals surface area contributed by atoms with Gasteiger partial charge >= 0.3 is 0 Å². The molecule has 1 saturated carbocycles. The monoisotopic (exact) mass is 448 g/mol. The summed E-state index contributed by atoms with van der Waals surface area (Å²) in [6.45, 7) is -0.00475. The second-order valence-electron chi connectivity index (χ2n) is 8.09. The fourth-order valence-electron chi connectivity index (χ4n) is 4.22. The van der Waals surface area contributed by atoms with Gasteiger partial charge in [-0.2, -0.15) is 0 Å². The normalized spacial score (nSPS) is 16.2. The summed E-state index contributed by atoms with van der Waals surface area (Å²) in [7, 11) is 0. The van der Waals surface area contributed by atoms with E-state index in [0.717, 1.165) is 24.4 Å². The molecule has 1 N–H and O–H groups in total. The molecule has 0 bridgehead atoms. The zero-order valence-corrected chi connectivity index (χ0v) is 18.4. The van der Waals surface area contributed by atoms with Crippen molar-refractivity contribution in [1.29, 1.82) is 0 Å². The Morgan fingerprint density at radius 2 is 1.94 bits per heavy atom. The maximum absolute atomic E-state index is 12.8. The lowest BCUT2D eigenvalue weighted by Gasteiger charge is -2.21. The van der Waals surface area contributed by atoms with Crippen LogP contribution in [0.5, 0.6) is 5.75 Å². The molecule has 1 amide bonds. The molecule has 1 aliphatic heterocycles. The van der Waals surface area contributed by atoms with Gasteiger partial charge in [0.15, 0.2) is 12.4 Å². The molecule has 0 spiro atoms. The number of rotatable bonds is 6. The minimum Gasteiger partial charge on any atom is -0.482 e. The first kappa shape index (κ1) is 20.8. The number of ether oxygens (including phenoxy) is 1. The Balaban J connectivity index is 1.34. The van der Waals surface area contributed by atoms with Crippen molar-refractivity contribution in [2.45, 2.75) is 43.2 Å². The van der Waals surface area contributed by atoms with Gasteiger partial charge < -0.3 is 10.1 Å². The molecule has 0 unspecified atom stereocenters. The van der Waals surface area contributed by atoms with E-state index in [9.17, 15) is 9.59 Å². The number of thioether (sulfide) groups is 1. The summed E-state index contributed by atoms with van der Waals surface area (Å²) >= 11 is 1.34. The van der Waals surface area contributed by atoms with Crippen molar-refractivity contribution < 1.29 is 14.3 Å². The topological polar surface area (TPSA) is 86.1 Å². The molecule has 0 radical (unpaired) electrons. The highest BCUT2D eigenvalue weighted by Crippen LogP contribution is 2.34. The molecular formula is C24H24N4O3S. The summed E-state index contributed by atoms with van der Waals surface area (Å²) < 4.78 is 7.30. The van der Waals surface area contributed by atoms with Gasteiger partial charge in [0, 0.05) is 11.5 Å². The number of fused-ring (bicyclic) bond motifs is 1. The van der Waals surface area contributed by atoms with Crippen LogP contribution in [0.1, 0.15) is 54.2 Å². The Labute approximate surface area is 190 Å². The molecule has 2 aromatic carbocycles. The summed E-state index contributed by atoms with van der Waals surface area (Å²) in [5, 5.41) is 8.09. The van der Waals surface area contributed by atoms with E-state index >= 15 is 0 Å². The molecule has 32 heavy (non-hydrogen) atoms. The Kier molecular flexibility index (Phi) is 5.94. The van der Waals surface area contributed by atoms with Gasteiger partial charge in [-0.25, -0.2) is 9.67 Å². The zero-order chi connectivity index (χ0) is 21.9. The van der Waals surface area contributed by atoms with Gasteiger partial charge in [0.1, 0.15) is 11.6 Å². The third-order valence-electron chi connectivity index (χ3n) is 5.85. The summed E-state index contributed by atoms with van der Waals surface area (Å²) in [4.78, 5) is 29.2. The van der Waals surface area contributed by atoms with Crippen LogP contribution in [0, 0.1) is 0 Å². The van der Waals surface area contributed by atoms with Crippen LogP contribution in [0.3, 0.4) is 0 Å². The number of carbonyl (C=O) groups is 2. The van der Waals surface area contributed by atoms with Gasteiger partial charge in [0.05, 0.1) is 17.1 Å². The number of anilines is 1. The van der Waals surface area contributed by atoms with E-state index in [2.05, 4.69) is 5.32 Å². The summed E-state index contributed by atoms with van der Waals surface area (Å²) in [5.41, 5.74) is 2.05. The van der Waals surface area contributed by atoms with E-state index < -0.39 is 0 Å². The number of carbonyl (C=O) groups excluding carboxylic acids is 2. The predicted octanol–water partition coefficient (Wildman–Crippen LogP) is 4.62. The zero-order valence-electron chi connectivity index (χ0n) is 17.6. The number of amides is 1. The first-order chi connectivity index (χ1) is 15.7. The highest BCUT2D eigenvalue weighted by Gasteiger charge is 2.24. The van der Waals surface area contributed by atoms with Crippen molar-refractivity contribution in [3.8, 4) is 11.4 Å². The first-order valence-corrected chi connectivity index (χ1v) is 11.9. The van der Waals surface area contributed by atoms with E-state index in [1.54, 1.807) is 18.2 Å².